The zero-order valence-electron chi connectivity index (χ0n) is 17.0. The van der Waals surface area contributed by atoms with Gasteiger partial charge in [-0.05, 0) is 37.7 Å². The lowest BCUT2D eigenvalue weighted by Gasteiger charge is -2.36. The van der Waals surface area contributed by atoms with Crippen molar-refractivity contribution in [1.82, 2.24) is 24.6 Å². The molecule has 0 radical (unpaired) electrons. The molecular formula is C21H31N5O. The minimum absolute atomic E-state index is 0.243. The lowest BCUT2D eigenvalue weighted by atomic mass is 9.89. The summed E-state index contributed by atoms with van der Waals surface area (Å²) >= 11 is 0. The van der Waals surface area contributed by atoms with Crippen molar-refractivity contribution in [2.24, 2.45) is 11.3 Å². The first-order chi connectivity index (χ1) is 12.9. The molecule has 3 heterocycles. The largest absolute Gasteiger partial charge is 0.342 e. The Morgan fingerprint density at radius 3 is 2.74 bits per heavy atom. The number of piperidine rings is 1. The normalized spacial score (nSPS) is 17.9. The highest BCUT2D eigenvalue weighted by atomic mass is 16.2. The summed E-state index contributed by atoms with van der Waals surface area (Å²) in [5, 5.41) is 4.43. The Balaban J connectivity index is 1.78. The highest BCUT2D eigenvalue weighted by molar-refractivity contribution is 5.81. The number of carbonyl (C=O) groups is 1. The summed E-state index contributed by atoms with van der Waals surface area (Å²) in [6.45, 7) is 10.7. The molecule has 1 aliphatic heterocycles. The Bertz CT molecular complexity index is 777. The van der Waals surface area contributed by atoms with E-state index in [0.29, 0.717) is 5.92 Å². The van der Waals surface area contributed by atoms with E-state index in [1.807, 2.05) is 42.6 Å². The third-order valence-corrected chi connectivity index (χ3v) is 5.10. The Hall–Kier alpha value is -2.24. The fourth-order valence-corrected chi connectivity index (χ4v) is 3.82. The zero-order chi connectivity index (χ0) is 19.4. The van der Waals surface area contributed by atoms with Crippen molar-refractivity contribution in [1.29, 1.82) is 0 Å². The molecule has 0 spiro atoms. The number of likely N-dealkylation sites (tertiary alicyclic amines) is 1. The minimum atomic E-state index is -0.327. The predicted octanol–water partition coefficient (Wildman–Crippen LogP) is 3.58. The molecule has 1 aliphatic rings. The molecule has 0 bridgehead atoms. The minimum Gasteiger partial charge on any atom is -0.342 e. The van der Waals surface area contributed by atoms with Gasteiger partial charge < -0.3 is 4.90 Å². The van der Waals surface area contributed by atoms with Crippen LogP contribution in [0.3, 0.4) is 0 Å². The van der Waals surface area contributed by atoms with E-state index < -0.39 is 0 Å². The number of hydrogen-bond acceptors (Lipinski definition) is 4. The van der Waals surface area contributed by atoms with Crippen LogP contribution in [0.15, 0.2) is 24.7 Å². The molecule has 6 nitrogen and oxygen atoms in total. The maximum Gasteiger partial charge on any atom is 0.227 e. The monoisotopic (exact) mass is 369 g/mol. The van der Waals surface area contributed by atoms with Crippen LogP contribution in [0.1, 0.15) is 52.7 Å². The van der Waals surface area contributed by atoms with Crippen molar-refractivity contribution in [3.05, 3.63) is 30.4 Å². The molecule has 0 aromatic carbocycles. The van der Waals surface area contributed by atoms with E-state index in [-0.39, 0.29) is 11.3 Å². The number of hydrogen-bond donors (Lipinski definition) is 0. The fourth-order valence-electron chi connectivity index (χ4n) is 3.82. The van der Waals surface area contributed by atoms with Gasteiger partial charge in [0.05, 0.1) is 11.4 Å². The summed E-state index contributed by atoms with van der Waals surface area (Å²) in [4.78, 5) is 24.0. The fraction of sp³-hybridized carbons (Fsp3) is 0.619. The van der Waals surface area contributed by atoms with Gasteiger partial charge in [-0.25, -0.2) is 0 Å². The van der Waals surface area contributed by atoms with Crippen molar-refractivity contribution in [3.8, 4) is 11.4 Å². The first-order valence-electron chi connectivity index (χ1n) is 10.0. The van der Waals surface area contributed by atoms with Crippen molar-refractivity contribution in [2.75, 3.05) is 13.1 Å². The van der Waals surface area contributed by atoms with E-state index >= 15 is 0 Å². The van der Waals surface area contributed by atoms with Gasteiger partial charge in [-0.3, -0.25) is 19.4 Å². The number of carbonyl (C=O) groups excluding carboxylic acids is 1. The Kier molecular flexibility index (Phi) is 5.92. The third kappa shape index (κ3) is 4.54. The summed E-state index contributed by atoms with van der Waals surface area (Å²) in [6.07, 6.45) is 9.38. The average Bonchev–Trinajstić information content (AvgIpc) is 3.09. The summed E-state index contributed by atoms with van der Waals surface area (Å²) in [6, 6.07) is 2.01. The van der Waals surface area contributed by atoms with Crippen LogP contribution < -0.4 is 0 Å². The number of aryl methyl sites for hydroxylation is 1. The second-order valence-corrected chi connectivity index (χ2v) is 8.50. The van der Waals surface area contributed by atoms with Crippen LogP contribution >= 0.6 is 0 Å². The zero-order valence-corrected chi connectivity index (χ0v) is 17.0. The average molecular weight is 370 g/mol. The van der Waals surface area contributed by atoms with E-state index in [4.69, 9.17) is 0 Å². The van der Waals surface area contributed by atoms with Crippen LogP contribution in [-0.4, -0.2) is 43.6 Å². The van der Waals surface area contributed by atoms with E-state index in [0.717, 1.165) is 62.4 Å². The van der Waals surface area contributed by atoms with Crippen LogP contribution in [0.5, 0.6) is 0 Å². The Morgan fingerprint density at radius 2 is 2.00 bits per heavy atom. The SMILES string of the molecule is CCCn1nccc1-c1nccnc1C[C@H]1CCCN(C(=O)C(C)(C)C)C1. The predicted molar refractivity (Wildman–Crippen MR) is 106 cm³/mol. The first kappa shape index (κ1) is 19.5. The van der Waals surface area contributed by atoms with Gasteiger partial charge in [0.1, 0.15) is 5.69 Å². The molecule has 6 heteroatoms. The van der Waals surface area contributed by atoms with E-state index in [9.17, 15) is 4.79 Å². The van der Waals surface area contributed by atoms with Gasteiger partial charge in [0.25, 0.3) is 0 Å². The summed E-state index contributed by atoms with van der Waals surface area (Å²) in [5.41, 5.74) is 2.62. The summed E-state index contributed by atoms with van der Waals surface area (Å²) in [7, 11) is 0. The second-order valence-electron chi connectivity index (χ2n) is 8.50. The van der Waals surface area contributed by atoms with Gasteiger partial charge in [-0.2, -0.15) is 5.10 Å². The standard InChI is InChI=1S/C21H31N5O/c1-5-12-26-18(8-9-24-26)19-17(22-10-11-23-19)14-16-7-6-13-25(15-16)20(27)21(2,3)4/h8-11,16H,5-7,12-15H2,1-4H3/t16-/m1/s1. The van der Waals surface area contributed by atoms with Crippen LogP contribution in [0.4, 0.5) is 0 Å². The van der Waals surface area contributed by atoms with Gasteiger partial charge in [-0.15, -0.1) is 0 Å². The van der Waals surface area contributed by atoms with Crippen molar-refractivity contribution < 1.29 is 4.79 Å². The van der Waals surface area contributed by atoms with Crippen LogP contribution in [-0.2, 0) is 17.8 Å². The van der Waals surface area contributed by atoms with Gasteiger partial charge >= 0.3 is 0 Å². The van der Waals surface area contributed by atoms with E-state index in [1.54, 1.807) is 12.4 Å². The third-order valence-electron chi connectivity index (χ3n) is 5.10. The molecular weight excluding hydrogens is 338 g/mol. The number of amides is 1. The van der Waals surface area contributed by atoms with Crippen molar-refractivity contribution >= 4 is 5.91 Å². The smallest absolute Gasteiger partial charge is 0.227 e. The molecule has 27 heavy (non-hydrogen) atoms. The van der Waals surface area contributed by atoms with Crippen LogP contribution in [0.2, 0.25) is 0 Å². The summed E-state index contributed by atoms with van der Waals surface area (Å²) in [5.74, 6) is 0.663. The molecule has 0 unspecified atom stereocenters. The lowest BCUT2D eigenvalue weighted by molar-refractivity contribution is -0.141. The van der Waals surface area contributed by atoms with Gasteiger partial charge in [-0.1, -0.05) is 27.7 Å². The maximum atomic E-state index is 12.7. The number of aromatic nitrogens is 4. The molecule has 0 N–H and O–H groups in total. The first-order valence-corrected chi connectivity index (χ1v) is 10.0. The van der Waals surface area contributed by atoms with Gasteiger partial charge in [0.15, 0.2) is 0 Å². The van der Waals surface area contributed by atoms with Crippen molar-refractivity contribution in [3.63, 3.8) is 0 Å². The highest BCUT2D eigenvalue weighted by Crippen LogP contribution is 2.28. The Labute approximate surface area is 162 Å². The molecule has 146 valence electrons. The number of rotatable bonds is 5. The molecule has 0 aliphatic carbocycles. The molecule has 1 amide bonds. The summed E-state index contributed by atoms with van der Waals surface area (Å²) < 4.78 is 2.00. The molecule has 2 aromatic rings. The second kappa shape index (κ2) is 8.19. The molecule has 2 aromatic heterocycles. The van der Waals surface area contributed by atoms with Gasteiger partial charge in [0, 0.05) is 43.6 Å². The van der Waals surface area contributed by atoms with Crippen LogP contribution in [0, 0.1) is 11.3 Å². The molecule has 1 fully saturated rings. The molecule has 0 saturated carbocycles. The van der Waals surface area contributed by atoms with E-state index in [1.165, 1.54) is 0 Å². The lowest BCUT2D eigenvalue weighted by Crippen LogP contribution is -2.45. The van der Waals surface area contributed by atoms with Gasteiger partial charge in [0.2, 0.25) is 5.91 Å². The van der Waals surface area contributed by atoms with Crippen molar-refractivity contribution in [2.45, 2.75) is 59.9 Å². The quantitative estimate of drug-likeness (QED) is 0.808. The molecule has 1 saturated heterocycles. The Morgan fingerprint density at radius 1 is 1.22 bits per heavy atom. The maximum absolute atomic E-state index is 12.7. The van der Waals surface area contributed by atoms with E-state index in [2.05, 4.69) is 22.0 Å². The number of nitrogens with zero attached hydrogens (tertiary/aromatic N) is 5. The molecule has 1 atom stereocenters. The topological polar surface area (TPSA) is 63.9 Å². The van der Waals surface area contributed by atoms with Crippen LogP contribution in [0.25, 0.3) is 11.4 Å². The highest BCUT2D eigenvalue weighted by Gasteiger charge is 2.31. The molecule has 3 rings (SSSR count).